The van der Waals surface area contributed by atoms with E-state index in [9.17, 15) is 14.4 Å². The van der Waals surface area contributed by atoms with Crippen molar-refractivity contribution in [3.8, 4) is 0 Å². The third-order valence-corrected chi connectivity index (χ3v) is 2.01. The number of rotatable bonds is 3. The van der Waals surface area contributed by atoms with Gasteiger partial charge in [0.2, 0.25) is 0 Å². The Bertz CT molecular complexity index is 480. The highest BCUT2D eigenvalue weighted by Crippen LogP contribution is 2.04. The third kappa shape index (κ3) is 3.75. The number of amides is 3. The first-order valence-electron chi connectivity index (χ1n) is 5.14. The van der Waals surface area contributed by atoms with Crippen LogP contribution in [0.1, 0.15) is 10.4 Å². The lowest BCUT2D eigenvalue weighted by atomic mass is 10.2. The van der Waals surface area contributed by atoms with Crippen LogP contribution in [0.3, 0.4) is 0 Å². The lowest BCUT2D eigenvalue weighted by Gasteiger charge is -2.04. The highest BCUT2D eigenvalue weighted by molar-refractivity contribution is 6.38. The summed E-state index contributed by atoms with van der Waals surface area (Å²) >= 11 is 0. The highest BCUT2D eigenvalue weighted by atomic mass is 16.2. The SMILES string of the molecule is C=CCNC(=O)C(=O)NC(=O)c1ccc(N)cc1. The second-order valence-electron chi connectivity index (χ2n) is 3.40. The summed E-state index contributed by atoms with van der Waals surface area (Å²) in [6, 6.07) is 5.97. The molecule has 3 amide bonds. The fraction of sp³-hybridized carbons (Fsp3) is 0.0833. The van der Waals surface area contributed by atoms with Gasteiger partial charge in [0.1, 0.15) is 0 Å². The molecule has 0 saturated heterocycles. The van der Waals surface area contributed by atoms with Gasteiger partial charge in [-0.05, 0) is 24.3 Å². The molecule has 0 bridgehead atoms. The van der Waals surface area contributed by atoms with Gasteiger partial charge < -0.3 is 11.1 Å². The molecule has 0 aliphatic carbocycles. The normalized spacial score (nSPS) is 9.33. The van der Waals surface area contributed by atoms with Gasteiger partial charge in [0, 0.05) is 17.8 Å². The van der Waals surface area contributed by atoms with E-state index >= 15 is 0 Å². The highest BCUT2D eigenvalue weighted by Gasteiger charge is 2.16. The lowest BCUT2D eigenvalue weighted by Crippen LogP contribution is -2.42. The number of nitrogen functional groups attached to an aromatic ring is 1. The molecule has 6 nitrogen and oxygen atoms in total. The maximum Gasteiger partial charge on any atom is 0.316 e. The molecule has 0 atom stereocenters. The second kappa shape index (κ2) is 6.19. The van der Waals surface area contributed by atoms with E-state index in [4.69, 9.17) is 5.73 Å². The zero-order valence-electron chi connectivity index (χ0n) is 9.60. The van der Waals surface area contributed by atoms with Gasteiger partial charge in [-0.25, -0.2) is 0 Å². The maximum absolute atomic E-state index is 11.6. The Kier molecular flexibility index (Phi) is 4.62. The van der Waals surface area contributed by atoms with Crippen LogP contribution in [0.5, 0.6) is 0 Å². The van der Waals surface area contributed by atoms with Crippen molar-refractivity contribution in [2.75, 3.05) is 12.3 Å². The van der Waals surface area contributed by atoms with Crippen LogP contribution in [0.25, 0.3) is 0 Å². The summed E-state index contributed by atoms with van der Waals surface area (Å²) in [6.45, 7) is 3.54. The van der Waals surface area contributed by atoms with Crippen LogP contribution in [0.4, 0.5) is 5.69 Å². The number of carbonyl (C=O) groups excluding carboxylic acids is 3. The molecule has 0 heterocycles. The van der Waals surface area contributed by atoms with E-state index in [0.29, 0.717) is 5.69 Å². The molecule has 1 aromatic rings. The average molecular weight is 247 g/mol. The van der Waals surface area contributed by atoms with Gasteiger partial charge in [0.25, 0.3) is 5.91 Å². The van der Waals surface area contributed by atoms with E-state index < -0.39 is 17.7 Å². The zero-order chi connectivity index (χ0) is 13.5. The number of nitrogens with one attached hydrogen (secondary N) is 2. The number of hydrogen-bond acceptors (Lipinski definition) is 4. The van der Waals surface area contributed by atoms with Crippen LogP contribution in [-0.4, -0.2) is 24.3 Å². The maximum atomic E-state index is 11.6. The molecule has 0 saturated carbocycles. The minimum atomic E-state index is -1.02. The van der Waals surface area contributed by atoms with Gasteiger partial charge in [-0.3, -0.25) is 19.7 Å². The van der Waals surface area contributed by atoms with Crippen LogP contribution in [0.2, 0.25) is 0 Å². The van der Waals surface area contributed by atoms with Gasteiger partial charge in [-0.15, -0.1) is 6.58 Å². The molecule has 18 heavy (non-hydrogen) atoms. The molecule has 4 N–H and O–H groups in total. The van der Waals surface area contributed by atoms with E-state index in [1.807, 2.05) is 5.32 Å². The molecule has 6 heteroatoms. The van der Waals surface area contributed by atoms with Crippen molar-refractivity contribution in [1.82, 2.24) is 10.6 Å². The second-order valence-corrected chi connectivity index (χ2v) is 3.40. The monoisotopic (exact) mass is 247 g/mol. The molecule has 94 valence electrons. The smallest absolute Gasteiger partial charge is 0.316 e. The first kappa shape index (κ1) is 13.4. The van der Waals surface area contributed by atoms with Gasteiger partial charge in [0.05, 0.1) is 0 Å². The summed E-state index contributed by atoms with van der Waals surface area (Å²) in [4.78, 5) is 34.0. The standard InChI is InChI=1S/C12H13N3O3/c1-2-7-14-11(17)12(18)15-10(16)8-3-5-9(13)6-4-8/h2-6H,1,7,13H2,(H,14,17)(H,15,16,18). The topological polar surface area (TPSA) is 101 Å². The molecular weight excluding hydrogens is 234 g/mol. The molecule has 0 spiro atoms. The van der Waals surface area contributed by atoms with Gasteiger partial charge in [-0.2, -0.15) is 0 Å². The van der Waals surface area contributed by atoms with E-state index in [0.717, 1.165) is 0 Å². The molecular formula is C12H13N3O3. The Balaban J connectivity index is 2.59. The third-order valence-electron chi connectivity index (χ3n) is 2.01. The average Bonchev–Trinajstić information content (AvgIpc) is 2.36. The largest absolute Gasteiger partial charge is 0.399 e. The van der Waals surface area contributed by atoms with Crippen molar-refractivity contribution in [2.24, 2.45) is 0 Å². The number of hydrogen-bond donors (Lipinski definition) is 3. The molecule has 0 aliphatic heterocycles. The van der Waals surface area contributed by atoms with Crippen molar-refractivity contribution in [3.63, 3.8) is 0 Å². The van der Waals surface area contributed by atoms with Crippen LogP contribution in [0.15, 0.2) is 36.9 Å². The summed E-state index contributed by atoms with van der Waals surface area (Å²) in [5.41, 5.74) is 6.21. The number of anilines is 1. The molecule has 0 aromatic heterocycles. The molecule has 0 radical (unpaired) electrons. The molecule has 0 aliphatic rings. The molecule has 1 aromatic carbocycles. The number of benzene rings is 1. The van der Waals surface area contributed by atoms with Crippen LogP contribution in [0, 0.1) is 0 Å². The van der Waals surface area contributed by atoms with Crippen LogP contribution in [-0.2, 0) is 9.59 Å². The fourth-order valence-corrected chi connectivity index (χ4v) is 1.11. The summed E-state index contributed by atoms with van der Waals surface area (Å²) in [5, 5.41) is 4.22. The van der Waals surface area contributed by atoms with Gasteiger partial charge >= 0.3 is 11.8 Å². The van der Waals surface area contributed by atoms with E-state index in [1.54, 1.807) is 0 Å². The van der Waals surface area contributed by atoms with Crippen molar-refractivity contribution in [3.05, 3.63) is 42.5 Å². The summed E-state index contributed by atoms with van der Waals surface area (Å²) in [7, 11) is 0. The van der Waals surface area contributed by atoms with Crippen molar-refractivity contribution in [1.29, 1.82) is 0 Å². The minimum absolute atomic E-state index is 0.155. The first-order chi connectivity index (χ1) is 8.54. The predicted molar refractivity (Wildman–Crippen MR) is 66.5 cm³/mol. The van der Waals surface area contributed by atoms with E-state index in [2.05, 4.69) is 11.9 Å². The van der Waals surface area contributed by atoms with E-state index in [-0.39, 0.29) is 12.1 Å². The van der Waals surface area contributed by atoms with Gasteiger partial charge in [-0.1, -0.05) is 6.08 Å². The Morgan fingerprint density at radius 1 is 1.17 bits per heavy atom. The lowest BCUT2D eigenvalue weighted by molar-refractivity contribution is -0.138. The Hall–Kier alpha value is -2.63. The fourth-order valence-electron chi connectivity index (χ4n) is 1.11. The van der Waals surface area contributed by atoms with E-state index in [1.165, 1.54) is 30.3 Å². The Morgan fingerprint density at radius 2 is 1.78 bits per heavy atom. The minimum Gasteiger partial charge on any atom is -0.399 e. The molecule has 0 fully saturated rings. The van der Waals surface area contributed by atoms with Crippen molar-refractivity contribution >= 4 is 23.4 Å². The zero-order valence-corrected chi connectivity index (χ0v) is 9.60. The van der Waals surface area contributed by atoms with Gasteiger partial charge in [0.15, 0.2) is 0 Å². The summed E-state index contributed by atoms with van der Waals surface area (Å²) in [6.07, 6.45) is 1.42. The Labute approximate surface area is 104 Å². The summed E-state index contributed by atoms with van der Waals surface area (Å²) < 4.78 is 0. The van der Waals surface area contributed by atoms with Crippen LogP contribution >= 0.6 is 0 Å². The van der Waals surface area contributed by atoms with Crippen molar-refractivity contribution in [2.45, 2.75) is 0 Å². The number of imide groups is 1. The first-order valence-corrected chi connectivity index (χ1v) is 5.14. The predicted octanol–water partition coefficient (Wildman–Crippen LogP) is -0.173. The molecule has 1 rings (SSSR count). The summed E-state index contributed by atoms with van der Waals surface area (Å²) in [5.74, 6) is -2.56. The molecule has 0 unspecified atom stereocenters. The quantitative estimate of drug-likeness (QED) is 0.392. The number of nitrogens with two attached hydrogens (primary N) is 1. The number of carbonyl (C=O) groups is 3. The van der Waals surface area contributed by atoms with Crippen LogP contribution < -0.4 is 16.4 Å². The Morgan fingerprint density at radius 3 is 2.33 bits per heavy atom. The van der Waals surface area contributed by atoms with Crippen molar-refractivity contribution < 1.29 is 14.4 Å².